The third-order valence-electron chi connectivity index (χ3n) is 5.14. The zero-order chi connectivity index (χ0) is 19.4. The van der Waals surface area contributed by atoms with Crippen LogP contribution < -0.4 is 5.73 Å². The molecule has 0 atom stereocenters. The molecular weight excluding hydrogens is 349 g/mol. The number of halogens is 1. The number of benzene rings is 2. The molecule has 0 spiro atoms. The van der Waals surface area contributed by atoms with Crippen molar-refractivity contribution < 1.29 is 14.1 Å². The van der Waals surface area contributed by atoms with E-state index in [9.17, 15) is 19.3 Å². The van der Waals surface area contributed by atoms with Gasteiger partial charge >= 0.3 is 0 Å². The molecule has 1 aliphatic rings. The Morgan fingerprint density at radius 1 is 1.22 bits per heavy atom. The van der Waals surface area contributed by atoms with Crippen molar-refractivity contribution in [2.24, 2.45) is 5.92 Å². The number of piperidine rings is 1. The van der Waals surface area contributed by atoms with Gasteiger partial charge in [0.15, 0.2) is 0 Å². The Balaban J connectivity index is 1.61. The molecule has 2 N–H and O–H groups in total. The van der Waals surface area contributed by atoms with Gasteiger partial charge in [0.1, 0.15) is 11.5 Å². The molecule has 1 amide bonds. The van der Waals surface area contributed by atoms with Crippen LogP contribution in [0.3, 0.4) is 0 Å². The molecule has 2 aromatic carbocycles. The molecule has 7 heteroatoms. The standard InChI is InChI=1S/C20H22FN3O3/c21-16-12-17(19(22)18(13-16)24(26)27)20(25)23-10-8-15(9-11-23)7-6-14-4-2-1-3-5-14/h1-5,12-13,15H,6-11,22H2. The summed E-state index contributed by atoms with van der Waals surface area (Å²) in [4.78, 5) is 24.5. The number of likely N-dealkylation sites (tertiary alicyclic amines) is 1. The van der Waals surface area contributed by atoms with E-state index >= 15 is 0 Å². The van der Waals surface area contributed by atoms with Crippen molar-refractivity contribution in [3.05, 3.63) is 69.5 Å². The van der Waals surface area contributed by atoms with E-state index in [0.717, 1.165) is 37.8 Å². The lowest BCUT2D eigenvalue weighted by Crippen LogP contribution is -2.39. The topological polar surface area (TPSA) is 89.5 Å². The Hall–Kier alpha value is -2.96. The monoisotopic (exact) mass is 371 g/mol. The quantitative estimate of drug-likeness (QED) is 0.492. The molecule has 1 heterocycles. The molecule has 27 heavy (non-hydrogen) atoms. The van der Waals surface area contributed by atoms with Crippen LogP contribution in [0.4, 0.5) is 15.8 Å². The molecule has 0 unspecified atom stereocenters. The SMILES string of the molecule is Nc1c(C(=O)N2CCC(CCc3ccccc3)CC2)cc(F)cc1[N+](=O)[O-]. The van der Waals surface area contributed by atoms with E-state index in [2.05, 4.69) is 12.1 Å². The molecule has 6 nitrogen and oxygen atoms in total. The second kappa shape index (κ2) is 8.16. The number of amides is 1. The third kappa shape index (κ3) is 4.42. The van der Waals surface area contributed by atoms with Crippen LogP contribution in [0, 0.1) is 21.8 Å². The summed E-state index contributed by atoms with van der Waals surface area (Å²) in [7, 11) is 0. The van der Waals surface area contributed by atoms with Crippen molar-refractivity contribution in [1.82, 2.24) is 4.90 Å². The molecule has 0 bridgehead atoms. The fourth-order valence-corrected chi connectivity index (χ4v) is 3.54. The highest BCUT2D eigenvalue weighted by molar-refractivity contribution is 6.01. The minimum Gasteiger partial charge on any atom is -0.393 e. The zero-order valence-electron chi connectivity index (χ0n) is 14.9. The normalized spacial score (nSPS) is 14.9. The van der Waals surface area contributed by atoms with Gasteiger partial charge in [-0.15, -0.1) is 0 Å². The Morgan fingerprint density at radius 3 is 2.52 bits per heavy atom. The highest BCUT2D eigenvalue weighted by Crippen LogP contribution is 2.29. The number of rotatable bonds is 5. The first-order valence-corrected chi connectivity index (χ1v) is 9.02. The van der Waals surface area contributed by atoms with Gasteiger partial charge < -0.3 is 10.6 Å². The number of nitro benzene ring substituents is 1. The Bertz CT molecular complexity index is 834. The van der Waals surface area contributed by atoms with Gasteiger partial charge in [0.05, 0.1) is 16.6 Å². The number of nitrogen functional groups attached to an aromatic ring is 1. The van der Waals surface area contributed by atoms with Crippen LogP contribution in [0.15, 0.2) is 42.5 Å². The zero-order valence-corrected chi connectivity index (χ0v) is 14.9. The van der Waals surface area contributed by atoms with Crippen molar-refractivity contribution in [1.29, 1.82) is 0 Å². The number of nitro groups is 1. The number of hydrogen-bond acceptors (Lipinski definition) is 4. The van der Waals surface area contributed by atoms with E-state index in [1.165, 1.54) is 5.56 Å². The molecular formula is C20H22FN3O3. The fourth-order valence-electron chi connectivity index (χ4n) is 3.54. The van der Waals surface area contributed by atoms with Gasteiger partial charge in [-0.25, -0.2) is 4.39 Å². The van der Waals surface area contributed by atoms with E-state index in [1.807, 2.05) is 18.2 Å². The first kappa shape index (κ1) is 18.8. The molecule has 0 radical (unpaired) electrons. The van der Waals surface area contributed by atoms with E-state index in [1.54, 1.807) is 4.90 Å². The maximum Gasteiger partial charge on any atom is 0.295 e. The van der Waals surface area contributed by atoms with Crippen LogP contribution in [0.2, 0.25) is 0 Å². The molecule has 0 aliphatic carbocycles. The predicted octanol–water partition coefficient (Wildman–Crippen LogP) is 3.80. The molecule has 2 aromatic rings. The smallest absolute Gasteiger partial charge is 0.295 e. The lowest BCUT2D eigenvalue weighted by atomic mass is 9.90. The van der Waals surface area contributed by atoms with Crippen LogP contribution in [-0.4, -0.2) is 28.8 Å². The second-order valence-electron chi connectivity index (χ2n) is 6.90. The van der Waals surface area contributed by atoms with E-state index in [4.69, 9.17) is 5.73 Å². The summed E-state index contributed by atoms with van der Waals surface area (Å²) < 4.78 is 13.7. The van der Waals surface area contributed by atoms with E-state index in [-0.39, 0.29) is 11.3 Å². The van der Waals surface area contributed by atoms with Crippen LogP contribution in [0.5, 0.6) is 0 Å². The van der Waals surface area contributed by atoms with Crippen LogP contribution in [0.1, 0.15) is 35.2 Å². The number of carbonyl (C=O) groups excluding carboxylic acids is 1. The van der Waals surface area contributed by atoms with Crippen molar-refractivity contribution >= 4 is 17.3 Å². The Labute approximate surface area is 156 Å². The summed E-state index contributed by atoms with van der Waals surface area (Å²) in [6.45, 7) is 1.09. The second-order valence-corrected chi connectivity index (χ2v) is 6.90. The minimum absolute atomic E-state index is 0.135. The summed E-state index contributed by atoms with van der Waals surface area (Å²) in [5.74, 6) is -0.762. The van der Waals surface area contributed by atoms with Crippen LogP contribution in [-0.2, 0) is 6.42 Å². The van der Waals surface area contributed by atoms with Crippen molar-refractivity contribution in [2.75, 3.05) is 18.8 Å². The lowest BCUT2D eigenvalue weighted by Gasteiger charge is -2.32. The van der Waals surface area contributed by atoms with Crippen LogP contribution in [0.25, 0.3) is 0 Å². The van der Waals surface area contributed by atoms with E-state index < -0.39 is 22.3 Å². The van der Waals surface area contributed by atoms with Gasteiger partial charge in [-0.05, 0) is 43.2 Å². The predicted molar refractivity (Wildman–Crippen MR) is 101 cm³/mol. The number of anilines is 1. The van der Waals surface area contributed by atoms with Crippen molar-refractivity contribution in [3.63, 3.8) is 0 Å². The number of nitrogens with zero attached hydrogens (tertiary/aromatic N) is 2. The first-order valence-electron chi connectivity index (χ1n) is 9.02. The molecule has 0 aromatic heterocycles. The molecule has 1 fully saturated rings. The molecule has 142 valence electrons. The lowest BCUT2D eigenvalue weighted by molar-refractivity contribution is -0.384. The number of aryl methyl sites for hydroxylation is 1. The summed E-state index contributed by atoms with van der Waals surface area (Å²) in [5, 5.41) is 11.0. The maximum atomic E-state index is 13.7. The van der Waals surface area contributed by atoms with E-state index in [0.29, 0.717) is 19.0 Å². The number of carbonyl (C=O) groups is 1. The molecule has 0 saturated carbocycles. The Morgan fingerprint density at radius 2 is 1.89 bits per heavy atom. The number of hydrogen-bond donors (Lipinski definition) is 1. The largest absolute Gasteiger partial charge is 0.393 e. The summed E-state index contributed by atoms with van der Waals surface area (Å²) in [5.41, 5.74) is 6.06. The third-order valence-corrected chi connectivity index (χ3v) is 5.14. The van der Waals surface area contributed by atoms with Gasteiger partial charge in [0, 0.05) is 13.1 Å². The maximum absolute atomic E-state index is 13.7. The fraction of sp³-hybridized carbons (Fsp3) is 0.350. The van der Waals surface area contributed by atoms with Gasteiger partial charge in [-0.1, -0.05) is 30.3 Å². The van der Waals surface area contributed by atoms with Gasteiger partial charge in [0.25, 0.3) is 11.6 Å². The van der Waals surface area contributed by atoms with Crippen molar-refractivity contribution in [2.45, 2.75) is 25.7 Å². The van der Waals surface area contributed by atoms with Gasteiger partial charge in [-0.3, -0.25) is 14.9 Å². The minimum atomic E-state index is -0.836. The van der Waals surface area contributed by atoms with Crippen LogP contribution >= 0.6 is 0 Å². The average Bonchev–Trinajstić information content (AvgIpc) is 2.68. The van der Waals surface area contributed by atoms with Gasteiger partial charge in [-0.2, -0.15) is 0 Å². The molecule has 1 saturated heterocycles. The summed E-state index contributed by atoms with van der Waals surface area (Å²) in [6.07, 6.45) is 3.77. The van der Waals surface area contributed by atoms with Crippen molar-refractivity contribution in [3.8, 4) is 0 Å². The summed E-state index contributed by atoms with van der Waals surface area (Å²) >= 11 is 0. The molecule has 1 aliphatic heterocycles. The first-order chi connectivity index (χ1) is 13.0. The summed E-state index contributed by atoms with van der Waals surface area (Å²) in [6, 6.07) is 12.0. The Kier molecular flexibility index (Phi) is 5.69. The highest BCUT2D eigenvalue weighted by atomic mass is 19.1. The average molecular weight is 371 g/mol. The number of nitrogens with two attached hydrogens (primary N) is 1. The molecule has 3 rings (SSSR count). The van der Waals surface area contributed by atoms with Gasteiger partial charge in [0.2, 0.25) is 0 Å². The highest BCUT2D eigenvalue weighted by Gasteiger charge is 2.28.